The summed E-state index contributed by atoms with van der Waals surface area (Å²) in [5.41, 5.74) is 0.290. The maximum Gasteiger partial charge on any atom is 0.326 e. The van der Waals surface area contributed by atoms with Gasteiger partial charge in [-0.05, 0) is 44.9 Å². The van der Waals surface area contributed by atoms with Crippen LogP contribution in [-0.4, -0.2) is 46.0 Å². The van der Waals surface area contributed by atoms with Gasteiger partial charge in [0.15, 0.2) is 0 Å². The van der Waals surface area contributed by atoms with Crippen molar-refractivity contribution in [3.05, 3.63) is 29.3 Å². The van der Waals surface area contributed by atoms with Gasteiger partial charge >= 0.3 is 6.03 Å². The standard InChI is InChI=1S/C20H26N4O2S/c1-13-8-6-7-11-20(13)18(25)24(19(26)22-20)12-23(3)14(2)17-21-15-9-4-5-10-16(15)27-17/h4-5,9-10,13-14H,6-8,11-12H2,1-3H3,(H,22,26)/t13-,14+,20-/m1/s1. The lowest BCUT2D eigenvalue weighted by Crippen LogP contribution is -2.54. The summed E-state index contributed by atoms with van der Waals surface area (Å²) in [6.45, 7) is 4.42. The molecule has 7 heteroatoms. The molecule has 3 amide bonds. The van der Waals surface area contributed by atoms with E-state index in [1.54, 1.807) is 11.3 Å². The minimum Gasteiger partial charge on any atom is -0.323 e. The molecule has 1 saturated heterocycles. The molecule has 1 spiro atoms. The molecule has 2 aliphatic rings. The number of thiazole rings is 1. The number of benzene rings is 1. The Hall–Kier alpha value is -1.99. The van der Waals surface area contributed by atoms with E-state index in [2.05, 4.69) is 25.2 Å². The van der Waals surface area contributed by atoms with Crippen molar-refractivity contribution in [3.8, 4) is 0 Å². The van der Waals surface area contributed by atoms with Crippen LogP contribution in [0.25, 0.3) is 10.2 Å². The van der Waals surface area contributed by atoms with Crippen molar-refractivity contribution < 1.29 is 9.59 Å². The van der Waals surface area contributed by atoms with Gasteiger partial charge in [0.05, 0.1) is 22.9 Å². The van der Waals surface area contributed by atoms with Crippen molar-refractivity contribution in [1.29, 1.82) is 0 Å². The zero-order valence-corrected chi connectivity index (χ0v) is 16.9. The molecule has 6 nitrogen and oxygen atoms in total. The summed E-state index contributed by atoms with van der Waals surface area (Å²) < 4.78 is 1.15. The predicted molar refractivity (Wildman–Crippen MR) is 106 cm³/mol. The number of rotatable bonds is 4. The number of nitrogens with zero attached hydrogens (tertiary/aromatic N) is 3. The molecule has 0 unspecified atom stereocenters. The average molecular weight is 387 g/mol. The van der Waals surface area contributed by atoms with E-state index in [4.69, 9.17) is 4.98 Å². The minimum absolute atomic E-state index is 0.0170. The predicted octanol–water partition coefficient (Wildman–Crippen LogP) is 3.75. The van der Waals surface area contributed by atoms with E-state index in [0.29, 0.717) is 0 Å². The van der Waals surface area contributed by atoms with Gasteiger partial charge in [0, 0.05) is 0 Å². The Kier molecular flexibility index (Phi) is 4.68. The van der Waals surface area contributed by atoms with E-state index >= 15 is 0 Å². The van der Waals surface area contributed by atoms with Crippen LogP contribution < -0.4 is 5.32 Å². The molecule has 2 fully saturated rings. The number of fused-ring (bicyclic) bond motifs is 1. The fourth-order valence-electron chi connectivity index (χ4n) is 4.23. The zero-order valence-electron chi connectivity index (χ0n) is 16.1. The van der Waals surface area contributed by atoms with Crippen LogP contribution in [0.3, 0.4) is 0 Å². The topological polar surface area (TPSA) is 65.5 Å². The third-order valence-electron chi connectivity index (χ3n) is 6.19. The molecule has 1 aliphatic heterocycles. The molecule has 0 bridgehead atoms. The first-order chi connectivity index (χ1) is 12.9. The smallest absolute Gasteiger partial charge is 0.323 e. The van der Waals surface area contributed by atoms with Crippen molar-refractivity contribution >= 4 is 33.5 Å². The van der Waals surface area contributed by atoms with Crippen LogP contribution in [0.5, 0.6) is 0 Å². The van der Waals surface area contributed by atoms with E-state index in [9.17, 15) is 9.59 Å². The van der Waals surface area contributed by atoms with Gasteiger partial charge in [-0.3, -0.25) is 9.69 Å². The highest BCUT2D eigenvalue weighted by Gasteiger charge is 2.55. The van der Waals surface area contributed by atoms with E-state index in [1.807, 2.05) is 30.1 Å². The quantitative estimate of drug-likeness (QED) is 0.813. The molecule has 4 rings (SSSR count). The van der Waals surface area contributed by atoms with Gasteiger partial charge in [-0.25, -0.2) is 14.7 Å². The Morgan fingerprint density at radius 1 is 1.37 bits per heavy atom. The molecular weight excluding hydrogens is 360 g/mol. The maximum atomic E-state index is 13.1. The maximum absolute atomic E-state index is 13.1. The molecule has 2 heterocycles. The van der Waals surface area contributed by atoms with Crippen molar-refractivity contribution in [2.75, 3.05) is 13.7 Å². The number of amides is 3. The van der Waals surface area contributed by atoms with Crippen molar-refractivity contribution in [1.82, 2.24) is 20.1 Å². The van der Waals surface area contributed by atoms with Gasteiger partial charge in [0.1, 0.15) is 10.5 Å². The largest absolute Gasteiger partial charge is 0.326 e. The second-order valence-electron chi connectivity index (χ2n) is 7.88. The van der Waals surface area contributed by atoms with Crippen LogP contribution in [0, 0.1) is 5.92 Å². The lowest BCUT2D eigenvalue weighted by molar-refractivity contribution is -0.135. The lowest BCUT2D eigenvalue weighted by Gasteiger charge is -2.37. The number of hydrogen-bond acceptors (Lipinski definition) is 5. The molecule has 1 aromatic heterocycles. The summed E-state index contributed by atoms with van der Waals surface area (Å²) in [6.07, 6.45) is 3.84. The summed E-state index contributed by atoms with van der Waals surface area (Å²) in [5.74, 6) is 0.114. The van der Waals surface area contributed by atoms with E-state index in [-0.39, 0.29) is 30.6 Å². The molecule has 1 saturated carbocycles. The summed E-state index contributed by atoms with van der Waals surface area (Å²) >= 11 is 1.66. The Bertz CT molecular complexity index is 849. The summed E-state index contributed by atoms with van der Waals surface area (Å²) in [7, 11) is 1.94. The van der Waals surface area contributed by atoms with Crippen LogP contribution in [0.2, 0.25) is 0 Å². The second-order valence-corrected chi connectivity index (χ2v) is 8.94. The summed E-state index contributed by atoms with van der Waals surface area (Å²) in [6, 6.07) is 7.82. The van der Waals surface area contributed by atoms with Crippen molar-refractivity contribution in [3.63, 3.8) is 0 Å². The first-order valence-corrected chi connectivity index (χ1v) is 10.4. The number of urea groups is 1. The normalized spacial score (nSPS) is 27.0. The SMILES string of the molecule is C[C@@H]1CCCC[C@@]12NC(=O)N(CN(C)[C@@H](C)c1nc3ccccc3s1)C2=O. The molecule has 27 heavy (non-hydrogen) atoms. The Labute approximate surface area is 163 Å². The molecule has 144 valence electrons. The number of para-hydroxylation sites is 1. The highest BCUT2D eigenvalue weighted by atomic mass is 32.1. The number of hydrogen-bond donors (Lipinski definition) is 1. The van der Waals surface area contributed by atoms with E-state index < -0.39 is 5.54 Å². The lowest BCUT2D eigenvalue weighted by atomic mass is 9.73. The van der Waals surface area contributed by atoms with Crippen molar-refractivity contribution in [2.45, 2.75) is 51.1 Å². The minimum atomic E-state index is -0.699. The monoisotopic (exact) mass is 386 g/mol. The van der Waals surface area contributed by atoms with Gasteiger partial charge in [0.25, 0.3) is 5.91 Å². The third kappa shape index (κ3) is 3.02. The molecule has 1 aliphatic carbocycles. The fraction of sp³-hybridized carbons (Fsp3) is 0.550. The molecule has 3 atom stereocenters. The van der Waals surface area contributed by atoms with Gasteiger partial charge in [-0.15, -0.1) is 11.3 Å². The van der Waals surface area contributed by atoms with E-state index in [0.717, 1.165) is 40.9 Å². The highest BCUT2D eigenvalue weighted by Crippen LogP contribution is 2.38. The zero-order chi connectivity index (χ0) is 19.2. The Morgan fingerprint density at radius 3 is 2.89 bits per heavy atom. The fourth-order valence-corrected chi connectivity index (χ4v) is 5.31. The molecule has 1 aromatic carbocycles. The number of imide groups is 1. The molecular formula is C20H26N4O2S. The van der Waals surface area contributed by atoms with Gasteiger partial charge in [-0.1, -0.05) is 31.9 Å². The molecule has 0 radical (unpaired) electrons. The van der Waals surface area contributed by atoms with Gasteiger partial charge in [-0.2, -0.15) is 0 Å². The van der Waals surface area contributed by atoms with E-state index in [1.165, 1.54) is 4.90 Å². The number of aromatic nitrogens is 1. The van der Waals surface area contributed by atoms with Crippen LogP contribution in [0.1, 0.15) is 50.6 Å². The van der Waals surface area contributed by atoms with Crippen molar-refractivity contribution in [2.24, 2.45) is 5.92 Å². The second kappa shape index (κ2) is 6.87. The van der Waals surface area contributed by atoms with Crippen LogP contribution in [0.15, 0.2) is 24.3 Å². The number of carbonyl (C=O) groups excluding carboxylic acids is 2. The van der Waals surface area contributed by atoms with Gasteiger partial charge in [0.2, 0.25) is 0 Å². The summed E-state index contributed by atoms with van der Waals surface area (Å²) in [4.78, 5) is 33.8. The first-order valence-electron chi connectivity index (χ1n) is 9.62. The third-order valence-corrected chi connectivity index (χ3v) is 7.40. The highest BCUT2D eigenvalue weighted by molar-refractivity contribution is 7.18. The molecule has 1 N–H and O–H groups in total. The number of carbonyl (C=O) groups is 2. The average Bonchev–Trinajstić information content (AvgIpc) is 3.19. The van der Waals surface area contributed by atoms with Crippen LogP contribution in [0.4, 0.5) is 4.79 Å². The van der Waals surface area contributed by atoms with Crippen LogP contribution >= 0.6 is 11.3 Å². The van der Waals surface area contributed by atoms with Gasteiger partial charge < -0.3 is 5.32 Å². The first kappa shape index (κ1) is 18.4. The Morgan fingerprint density at radius 2 is 2.15 bits per heavy atom. The summed E-state index contributed by atoms with van der Waals surface area (Å²) in [5, 5.41) is 4.01. The van der Waals surface area contributed by atoms with Crippen LogP contribution in [-0.2, 0) is 4.79 Å². The Balaban J connectivity index is 1.51. The molecule has 2 aromatic rings. The number of nitrogens with one attached hydrogen (secondary N) is 1.